The number of rotatable bonds is 8. The maximum absolute atomic E-state index is 5.54. The molecule has 1 aromatic heterocycles. The van der Waals surface area contributed by atoms with E-state index in [-0.39, 0.29) is 6.08 Å². The second-order valence-electron chi connectivity index (χ2n) is 4.29. The molecule has 2 aromatic rings. The summed E-state index contributed by atoms with van der Waals surface area (Å²) < 4.78 is 16.2. The van der Waals surface area contributed by atoms with E-state index in [1.165, 1.54) is 0 Å². The highest BCUT2D eigenvalue weighted by atomic mass is 16.6. The van der Waals surface area contributed by atoms with E-state index >= 15 is 0 Å². The van der Waals surface area contributed by atoms with Gasteiger partial charge in [-0.25, -0.2) is 0 Å². The third kappa shape index (κ3) is 4.28. The standard InChI is InChI=1S/C15H20N2O3/c1-3-9-16-10-12-11-19-15(17-12)20-14-7-5-13(6-8-14)18-4-2/h5-8,11,16H,3-4,9-10H2,1-2H3. The summed E-state index contributed by atoms with van der Waals surface area (Å²) >= 11 is 0. The van der Waals surface area contributed by atoms with Gasteiger partial charge in [-0.2, -0.15) is 4.98 Å². The van der Waals surface area contributed by atoms with Gasteiger partial charge in [-0.3, -0.25) is 0 Å². The van der Waals surface area contributed by atoms with Gasteiger partial charge in [0.25, 0.3) is 0 Å². The Bertz CT molecular complexity index is 508. The molecule has 2 rings (SSSR count). The number of nitrogens with zero attached hydrogens (tertiary/aromatic N) is 1. The SMILES string of the molecule is CCCNCc1coc(Oc2ccc(OCC)cc2)n1. The third-order valence-corrected chi connectivity index (χ3v) is 2.60. The Balaban J connectivity index is 1.89. The van der Waals surface area contributed by atoms with E-state index in [0.29, 0.717) is 18.9 Å². The Kier molecular flexibility index (Phi) is 5.43. The average Bonchev–Trinajstić information content (AvgIpc) is 2.89. The Morgan fingerprint density at radius 2 is 1.90 bits per heavy atom. The number of hydrogen-bond donors (Lipinski definition) is 1. The fourth-order valence-corrected chi connectivity index (χ4v) is 1.68. The van der Waals surface area contributed by atoms with Gasteiger partial charge in [0.1, 0.15) is 17.8 Å². The Morgan fingerprint density at radius 1 is 1.15 bits per heavy atom. The summed E-state index contributed by atoms with van der Waals surface area (Å²) in [4.78, 5) is 4.25. The molecule has 1 N–H and O–H groups in total. The van der Waals surface area contributed by atoms with Gasteiger partial charge in [0.2, 0.25) is 0 Å². The molecule has 0 unspecified atom stereocenters. The first kappa shape index (κ1) is 14.4. The second kappa shape index (κ2) is 7.55. The lowest BCUT2D eigenvalue weighted by molar-refractivity contribution is 0.326. The van der Waals surface area contributed by atoms with Crippen LogP contribution in [0.1, 0.15) is 26.0 Å². The van der Waals surface area contributed by atoms with Crippen molar-refractivity contribution in [2.45, 2.75) is 26.8 Å². The van der Waals surface area contributed by atoms with Gasteiger partial charge in [-0.15, -0.1) is 0 Å². The highest BCUT2D eigenvalue weighted by molar-refractivity contribution is 5.32. The van der Waals surface area contributed by atoms with Crippen molar-refractivity contribution in [3.05, 3.63) is 36.2 Å². The van der Waals surface area contributed by atoms with E-state index in [4.69, 9.17) is 13.9 Å². The lowest BCUT2D eigenvalue weighted by Gasteiger charge is -2.04. The van der Waals surface area contributed by atoms with Crippen LogP contribution in [0.3, 0.4) is 0 Å². The fourth-order valence-electron chi connectivity index (χ4n) is 1.68. The highest BCUT2D eigenvalue weighted by Gasteiger charge is 2.06. The molecule has 0 amide bonds. The fraction of sp³-hybridized carbons (Fsp3) is 0.400. The molecule has 20 heavy (non-hydrogen) atoms. The van der Waals surface area contributed by atoms with Crippen LogP contribution in [0.25, 0.3) is 0 Å². The molecule has 108 valence electrons. The maximum atomic E-state index is 5.54. The number of nitrogens with one attached hydrogen (secondary N) is 1. The molecule has 1 heterocycles. The van der Waals surface area contributed by atoms with Gasteiger partial charge in [-0.1, -0.05) is 6.92 Å². The van der Waals surface area contributed by atoms with Crippen molar-refractivity contribution >= 4 is 0 Å². The van der Waals surface area contributed by atoms with Crippen molar-refractivity contribution in [1.29, 1.82) is 0 Å². The van der Waals surface area contributed by atoms with Gasteiger partial charge in [0, 0.05) is 6.54 Å². The van der Waals surface area contributed by atoms with E-state index in [1.807, 2.05) is 31.2 Å². The topological polar surface area (TPSA) is 56.5 Å². The first-order valence-electron chi connectivity index (χ1n) is 6.87. The largest absolute Gasteiger partial charge is 0.494 e. The number of oxazole rings is 1. The van der Waals surface area contributed by atoms with Gasteiger partial charge in [-0.05, 0) is 44.2 Å². The molecule has 1 aromatic carbocycles. The smallest absolute Gasteiger partial charge is 0.399 e. The van der Waals surface area contributed by atoms with Crippen LogP contribution >= 0.6 is 0 Å². The van der Waals surface area contributed by atoms with Crippen LogP contribution in [0.4, 0.5) is 0 Å². The zero-order chi connectivity index (χ0) is 14.2. The summed E-state index contributed by atoms with van der Waals surface area (Å²) in [5.41, 5.74) is 0.833. The quantitative estimate of drug-likeness (QED) is 0.749. The van der Waals surface area contributed by atoms with Crippen molar-refractivity contribution in [2.24, 2.45) is 0 Å². The Morgan fingerprint density at radius 3 is 2.60 bits per heavy atom. The Labute approximate surface area is 118 Å². The molecule has 5 heteroatoms. The first-order chi connectivity index (χ1) is 9.81. The zero-order valence-corrected chi connectivity index (χ0v) is 11.9. The predicted octanol–water partition coefficient (Wildman–Crippen LogP) is 3.37. The summed E-state index contributed by atoms with van der Waals surface area (Å²) in [6.07, 6.45) is 2.95. The lowest BCUT2D eigenvalue weighted by atomic mass is 10.3. The van der Waals surface area contributed by atoms with E-state index in [1.54, 1.807) is 6.26 Å². The van der Waals surface area contributed by atoms with Crippen molar-refractivity contribution in [3.63, 3.8) is 0 Å². The van der Waals surface area contributed by atoms with E-state index in [0.717, 1.165) is 24.4 Å². The summed E-state index contributed by atoms with van der Waals surface area (Å²) in [6, 6.07) is 7.35. The van der Waals surface area contributed by atoms with E-state index in [9.17, 15) is 0 Å². The van der Waals surface area contributed by atoms with Crippen molar-refractivity contribution < 1.29 is 13.9 Å². The van der Waals surface area contributed by atoms with Crippen LogP contribution in [-0.2, 0) is 6.54 Å². The number of benzene rings is 1. The summed E-state index contributed by atoms with van der Waals surface area (Å²) in [5.74, 6) is 1.49. The summed E-state index contributed by atoms with van der Waals surface area (Å²) in [5, 5.41) is 3.26. The normalized spacial score (nSPS) is 10.5. The van der Waals surface area contributed by atoms with Crippen LogP contribution in [0, 0.1) is 0 Å². The molecule has 0 aliphatic heterocycles. The molecule has 0 spiro atoms. The molecular formula is C15H20N2O3. The molecule has 0 bridgehead atoms. The monoisotopic (exact) mass is 276 g/mol. The summed E-state index contributed by atoms with van der Waals surface area (Å²) in [6.45, 7) is 6.36. The molecule has 5 nitrogen and oxygen atoms in total. The molecule has 0 aliphatic rings. The molecule has 0 saturated heterocycles. The first-order valence-corrected chi connectivity index (χ1v) is 6.87. The molecule has 0 radical (unpaired) electrons. The minimum atomic E-state index is 0.252. The van der Waals surface area contributed by atoms with Gasteiger partial charge in [0.15, 0.2) is 0 Å². The molecule has 0 saturated carbocycles. The van der Waals surface area contributed by atoms with Gasteiger partial charge in [0.05, 0.1) is 12.3 Å². The number of aromatic nitrogens is 1. The van der Waals surface area contributed by atoms with Crippen LogP contribution in [0.5, 0.6) is 17.6 Å². The number of hydrogen-bond acceptors (Lipinski definition) is 5. The minimum absolute atomic E-state index is 0.252. The maximum Gasteiger partial charge on any atom is 0.399 e. The van der Waals surface area contributed by atoms with Crippen LogP contribution in [-0.4, -0.2) is 18.1 Å². The van der Waals surface area contributed by atoms with Crippen molar-refractivity contribution in [3.8, 4) is 17.6 Å². The zero-order valence-electron chi connectivity index (χ0n) is 11.9. The molecular weight excluding hydrogens is 256 g/mol. The van der Waals surface area contributed by atoms with Crippen LogP contribution < -0.4 is 14.8 Å². The molecule has 0 aliphatic carbocycles. The Hall–Kier alpha value is -2.01. The average molecular weight is 276 g/mol. The lowest BCUT2D eigenvalue weighted by Crippen LogP contribution is -2.13. The highest BCUT2D eigenvalue weighted by Crippen LogP contribution is 2.23. The third-order valence-electron chi connectivity index (χ3n) is 2.60. The van der Waals surface area contributed by atoms with Crippen LogP contribution in [0.2, 0.25) is 0 Å². The van der Waals surface area contributed by atoms with Gasteiger partial charge >= 0.3 is 6.08 Å². The van der Waals surface area contributed by atoms with E-state index < -0.39 is 0 Å². The number of ether oxygens (including phenoxy) is 2. The second-order valence-corrected chi connectivity index (χ2v) is 4.29. The minimum Gasteiger partial charge on any atom is -0.494 e. The molecule has 0 atom stereocenters. The van der Waals surface area contributed by atoms with Gasteiger partial charge < -0.3 is 19.2 Å². The van der Waals surface area contributed by atoms with Crippen molar-refractivity contribution in [2.75, 3.05) is 13.2 Å². The van der Waals surface area contributed by atoms with Crippen LogP contribution in [0.15, 0.2) is 34.9 Å². The molecule has 0 fully saturated rings. The van der Waals surface area contributed by atoms with Crippen molar-refractivity contribution in [1.82, 2.24) is 10.3 Å². The predicted molar refractivity (Wildman–Crippen MR) is 76.2 cm³/mol. The van der Waals surface area contributed by atoms with E-state index in [2.05, 4.69) is 17.2 Å². The summed E-state index contributed by atoms with van der Waals surface area (Å²) in [7, 11) is 0.